The van der Waals surface area contributed by atoms with Crippen molar-refractivity contribution in [2.75, 3.05) is 32.7 Å². The van der Waals surface area contributed by atoms with Crippen LogP contribution in [0.5, 0.6) is 5.75 Å². The third kappa shape index (κ3) is 4.00. The zero-order chi connectivity index (χ0) is 21.3. The monoisotopic (exact) mass is 415 g/mol. The fourth-order valence-corrected chi connectivity index (χ4v) is 4.15. The molecule has 1 aromatic heterocycles. The molecule has 0 amide bonds. The van der Waals surface area contributed by atoms with E-state index in [1.807, 2.05) is 18.2 Å². The van der Waals surface area contributed by atoms with Crippen molar-refractivity contribution in [1.29, 1.82) is 0 Å². The van der Waals surface area contributed by atoms with E-state index in [-0.39, 0.29) is 11.8 Å². The second-order valence-corrected chi connectivity index (χ2v) is 7.57. The SMILES string of the molecule is CCN1CCN([C@H](c2ccc(C(F)(F)F)cc2)c2ccc3cccnc3c2O)CC1. The molecular formula is C23H24F3N3O. The van der Waals surface area contributed by atoms with Crippen LogP contribution in [-0.2, 0) is 6.18 Å². The molecular weight excluding hydrogens is 391 g/mol. The zero-order valence-electron chi connectivity index (χ0n) is 16.7. The van der Waals surface area contributed by atoms with Crippen LogP contribution >= 0.6 is 0 Å². The van der Waals surface area contributed by atoms with Crippen LogP contribution in [-0.4, -0.2) is 52.6 Å². The number of phenolic OH excluding ortho intramolecular Hbond substituents is 1. The summed E-state index contributed by atoms with van der Waals surface area (Å²) in [5.74, 6) is 0.0796. The number of benzene rings is 2. The van der Waals surface area contributed by atoms with E-state index in [2.05, 4.69) is 21.7 Å². The fraction of sp³-hybridized carbons (Fsp3) is 0.348. The smallest absolute Gasteiger partial charge is 0.416 e. The Bertz CT molecular complexity index is 1010. The molecule has 7 heteroatoms. The van der Waals surface area contributed by atoms with Crippen molar-refractivity contribution < 1.29 is 18.3 Å². The van der Waals surface area contributed by atoms with E-state index in [9.17, 15) is 18.3 Å². The maximum absolute atomic E-state index is 13.1. The van der Waals surface area contributed by atoms with E-state index >= 15 is 0 Å². The van der Waals surface area contributed by atoms with Gasteiger partial charge in [0, 0.05) is 43.3 Å². The predicted octanol–water partition coefficient (Wildman–Crippen LogP) is 4.69. The van der Waals surface area contributed by atoms with Gasteiger partial charge in [-0.05, 0) is 30.3 Å². The van der Waals surface area contributed by atoms with Crippen LogP contribution in [0.25, 0.3) is 10.9 Å². The minimum atomic E-state index is -4.38. The first-order valence-electron chi connectivity index (χ1n) is 10.1. The Hall–Kier alpha value is -2.64. The Labute approximate surface area is 173 Å². The van der Waals surface area contributed by atoms with Crippen molar-refractivity contribution >= 4 is 10.9 Å². The van der Waals surface area contributed by atoms with E-state index in [4.69, 9.17) is 0 Å². The summed E-state index contributed by atoms with van der Waals surface area (Å²) in [7, 11) is 0. The molecule has 0 spiro atoms. The van der Waals surface area contributed by atoms with Crippen LogP contribution in [0, 0.1) is 0 Å². The van der Waals surface area contributed by atoms with Gasteiger partial charge in [0.2, 0.25) is 0 Å². The summed E-state index contributed by atoms with van der Waals surface area (Å²) in [5, 5.41) is 11.8. The van der Waals surface area contributed by atoms with E-state index in [0.717, 1.165) is 55.8 Å². The first-order chi connectivity index (χ1) is 14.4. The van der Waals surface area contributed by atoms with Gasteiger partial charge in [-0.25, -0.2) is 0 Å². The highest BCUT2D eigenvalue weighted by Gasteiger charge is 2.32. The van der Waals surface area contributed by atoms with Crippen LogP contribution in [0.2, 0.25) is 0 Å². The van der Waals surface area contributed by atoms with E-state index < -0.39 is 11.7 Å². The highest BCUT2D eigenvalue weighted by molar-refractivity contribution is 5.85. The first-order valence-corrected chi connectivity index (χ1v) is 10.1. The first kappa shape index (κ1) is 20.6. The quantitative estimate of drug-likeness (QED) is 0.671. The lowest BCUT2D eigenvalue weighted by Crippen LogP contribution is -2.47. The molecule has 30 heavy (non-hydrogen) atoms. The average Bonchev–Trinajstić information content (AvgIpc) is 2.76. The molecule has 4 rings (SSSR count). The average molecular weight is 415 g/mol. The maximum Gasteiger partial charge on any atom is 0.416 e. The second-order valence-electron chi connectivity index (χ2n) is 7.57. The molecule has 1 aliphatic heterocycles. The minimum absolute atomic E-state index is 0.0796. The lowest BCUT2D eigenvalue weighted by Gasteiger charge is -2.39. The van der Waals surface area contributed by atoms with Crippen molar-refractivity contribution in [3.05, 3.63) is 71.4 Å². The highest BCUT2D eigenvalue weighted by Crippen LogP contribution is 2.39. The molecule has 2 heterocycles. The van der Waals surface area contributed by atoms with Gasteiger partial charge < -0.3 is 10.0 Å². The highest BCUT2D eigenvalue weighted by atomic mass is 19.4. The van der Waals surface area contributed by atoms with Crippen molar-refractivity contribution in [3.8, 4) is 5.75 Å². The molecule has 1 atom stereocenters. The number of fused-ring (bicyclic) bond motifs is 1. The molecule has 0 bridgehead atoms. The second kappa shape index (κ2) is 8.24. The number of aromatic nitrogens is 1. The standard InChI is InChI=1S/C23H24F3N3O/c1-2-28-12-14-29(15-13-28)21(17-5-8-18(9-6-17)23(24,25)26)19-10-7-16-4-3-11-27-20(16)22(19)30/h3-11,21,30H,2,12-15H2,1H3/t21-/m1/s1. The van der Waals surface area contributed by atoms with Crippen LogP contribution in [0.3, 0.4) is 0 Å². The molecule has 3 aromatic rings. The Morgan fingerprint density at radius 1 is 1.00 bits per heavy atom. The van der Waals surface area contributed by atoms with Gasteiger partial charge in [0.15, 0.2) is 0 Å². The number of piperazine rings is 1. The molecule has 2 aromatic carbocycles. The summed E-state index contributed by atoms with van der Waals surface area (Å²) >= 11 is 0. The largest absolute Gasteiger partial charge is 0.505 e. The molecule has 1 saturated heterocycles. The number of nitrogens with zero attached hydrogens (tertiary/aromatic N) is 3. The van der Waals surface area contributed by atoms with Crippen LogP contribution in [0.4, 0.5) is 13.2 Å². The van der Waals surface area contributed by atoms with Gasteiger partial charge >= 0.3 is 6.18 Å². The molecule has 0 radical (unpaired) electrons. The molecule has 1 fully saturated rings. The Morgan fingerprint density at radius 2 is 1.70 bits per heavy atom. The Kier molecular flexibility index (Phi) is 5.66. The number of aromatic hydroxyl groups is 1. The summed E-state index contributed by atoms with van der Waals surface area (Å²) in [6, 6.07) is 12.3. The molecule has 0 aliphatic carbocycles. The maximum atomic E-state index is 13.1. The molecule has 0 unspecified atom stereocenters. The summed E-state index contributed by atoms with van der Waals surface area (Å²) in [4.78, 5) is 8.87. The lowest BCUT2D eigenvalue weighted by molar-refractivity contribution is -0.137. The van der Waals surface area contributed by atoms with E-state index in [1.165, 1.54) is 12.1 Å². The van der Waals surface area contributed by atoms with E-state index in [0.29, 0.717) is 11.1 Å². The zero-order valence-corrected chi connectivity index (χ0v) is 16.7. The van der Waals surface area contributed by atoms with Gasteiger partial charge in [-0.1, -0.05) is 37.3 Å². The number of rotatable bonds is 4. The van der Waals surface area contributed by atoms with Gasteiger partial charge in [0.05, 0.1) is 11.6 Å². The predicted molar refractivity (Wildman–Crippen MR) is 110 cm³/mol. The molecule has 1 aliphatic rings. The lowest BCUT2D eigenvalue weighted by atomic mass is 9.93. The molecule has 1 N–H and O–H groups in total. The summed E-state index contributed by atoms with van der Waals surface area (Å²) in [6.45, 7) is 6.35. The molecule has 4 nitrogen and oxygen atoms in total. The summed E-state index contributed by atoms with van der Waals surface area (Å²) in [6.07, 6.45) is -2.76. The number of hydrogen-bond donors (Lipinski definition) is 1. The number of halogens is 3. The third-order valence-corrected chi connectivity index (χ3v) is 5.85. The number of hydrogen-bond acceptors (Lipinski definition) is 4. The van der Waals surface area contributed by atoms with Gasteiger partial charge in [0.1, 0.15) is 11.3 Å². The van der Waals surface area contributed by atoms with Crippen molar-refractivity contribution in [3.63, 3.8) is 0 Å². The van der Waals surface area contributed by atoms with Crippen molar-refractivity contribution in [2.45, 2.75) is 19.1 Å². The van der Waals surface area contributed by atoms with Gasteiger partial charge in [-0.2, -0.15) is 13.2 Å². The van der Waals surface area contributed by atoms with Crippen LogP contribution in [0.1, 0.15) is 29.7 Å². The third-order valence-electron chi connectivity index (χ3n) is 5.85. The number of pyridine rings is 1. The van der Waals surface area contributed by atoms with Crippen LogP contribution < -0.4 is 0 Å². The number of likely N-dealkylation sites (N-methyl/N-ethyl adjacent to an activating group) is 1. The normalized spacial score (nSPS) is 17.3. The van der Waals surface area contributed by atoms with Gasteiger partial charge in [-0.3, -0.25) is 9.88 Å². The fourth-order valence-electron chi connectivity index (χ4n) is 4.15. The topological polar surface area (TPSA) is 39.6 Å². The molecule has 0 saturated carbocycles. The Balaban J connectivity index is 1.77. The van der Waals surface area contributed by atoms with Gasteiger partial charge in [-0.15, -0.1) is 0 Å². The van der Waals surface area contributed by atoms with Crippen molar-refractivity contribution in [1.82, 2.24) is 14.8 Å². The van der Waals surface area contributed by atoms with Crippen LogP contribution in [0.15, 0.2) is 54.7 Å². The Morgan fingerprint density at radius 3 is 2.33 bits per heavy atom. The van der Waals surface area contributed by atoms with Crippen molar-refractivity contribution in [2.24, 2.45) is 0 Å². The molecule has 158 valence electrons. The number of alkyl halides is 3. The van der Waals surface area contributed by atoms with E-state index in [1.54, 1.807) is 12.3 Å². The number of phenols is 1. The minimum Gasteiger partial charge on any atom is -0.505 e. The van der Waals surface area contributed by atoms with Gasteiger partial charge in [0.25, 0.3) is 0 Å². The summed E-state index contributed by atoms with van der Waals surface area (Å²) in [5.41, 5.74) is 1.20. The summed E-state index contributed by atoms with van der Waals surface area (Å²) < 4.78 is 39.2.